The summed E-state index contributed by atoms with van der Waals surface area (Å²) in [6.45, 7) is 9.12. The molecule has 0 aliphatic heterocycles. The normalized spacial score (nSPS) is 13.2. The first-order chi connectivity index (χ1) is 8.99. The molecule has 106 valence electrons. The van der Waals surface area contributed by atoms with Crippen LogP contribution in [0.1, 0.15) is 25.8 Å². The lowest BCUT2D eigenvalue weighted by Gasteiger charge is -2.11. The van der Waals surface area contributed by atoms with Gasteiger partial charge in [-0.05, 0) is 37.6 Å². The molecule has 5 heteroatoms. The molecule has 0 amide bonds. The van der Waals surface area contributed by atoms with Gasteiger partial charge in [0.05, 0.1) is 4.90 Å². The Hall–Kier alpha value is -1.17. The SMILES string of the molecule is C=CC(C)NS(=O)(=O)c1ccc(CNCCC)cc1. The fourth-order valence-corrected chi connectivity index (χ4v) is 2.77. The van der Waals surface area contributed by atoms with Crippen LogP contribution in [0.15, 0.2) is 41.8 Å². The summed E-state index contributed by atoms with van der Waals surface area (Å²) in [7, 11) is -3.46. The van der Waals surface area contributed by atoms with Gasteiger partial charge in [0, 0.05) is 12.6 Å². The standard InChI is InChI=1S/C14H22N2O2S/c1-4-10-15-11-13-6-8-14(9-7-13)19(17,18)16-12(3)5-2/h5-9,12,15-16H,2,4,10-11H2,1,3H3. The summed E-state index contributed by atoms with van der Waals surface area (Å²) < 4.78 is 26.5. The number of nitrogens with one attached hydrogen (secondary N) is 2. The molecule has 1 aromatic carbocycles. The summed E-state index contributed by atoms with van der Waals surface area (Å²) in [4.78, 5) is 0.278. The fourth-order valence-electron chi connectivity index (χ4n) is 1.56. The van der Waals surface area contributed by atoms with Crippen LogP contribution in [0.5, 0.6) is 0 Å². The third kappa shape index (κ3) is 5.14. The molecule has 1 aromatic rings. The van der Waals surface area contributed by atoms with Gasteiger partial charge in [0.1, 0.15) is 0 Å². The quantitative estimate of drug-likeness (QED) is 0.566. The molecule has 0 saturated heterocycles. The Labute approximate surface area is 116 Å². The van der Waals surface area contributed by atoms with Crippen LogP contribution < -0.4 is 10.0 Å². The van der Waals surface area contributed by atoms with Crippen molar-refractivity contribution in [2.24, 2.45) is 0 Å². The van der Waals surface area contributed by atoms with Crippen LogP contribution in [0.4, 0.5) is 0 Å². The summed E-state index contributed by atoms with van der Waals surface area (Å²) in [6, 6.07) is 6.63. The summed E-state index contributed by atoms with van der Waals surface area (Å²) in [5.41, 5.74) is 1.07. The van der Waals surface area contributed by atoms with Crippen molar-refractivity contribution in [3.05, 3.63) is 42.5 Å². The lowest BCUT2D eigenvalue weighted by molar-refractivity contribution is 0.576. The highest BCUT2D eigenvalue weighted by Crippen LogP contribution is 2.11. The monoisotopic (exact) mass is 282 g/mol. The van der Waals surface area contributed by atoms with Crippen LogP contribution >= 0.6 is 0 Å². The van der Waals surface area contributed by atoms with E-state index in [1.165, 1.54) is 0 Å². The second-order valence-electron chi connectivity index (χ2n) is 4.47. The number of benzene rings is 1. The van der Waals surface area contributed by atoms with E-state index in [9.17, 15) is 8.42 Å². The van der Waals surface area contributed by atoms with Crippen molar-refractivity contribution < 1.29 is 8.42 Å². The second-order valence-corrected chi connectivity index (χ2v) is 6.18. The minimum absolute atomic E-state index is 0.278. The molecule has 0 bridgehead atoms. The maximum absolute atomic E-state index is 12.0. The molecule has 2 N–H and O–H groups in total. The Kier molecular flexibility index (Phi) is 6.21. The third-order valence-electron chi connectivity index (χ3n) is 2.68. The largest absolute Gasteiger partial charge is 0.313 e. The lowest BCUT2D eigenvalue weighted by Crippen LogP contribution is -2.30. The summed E-state index contributed by atoms with van der Waals surface area (Å²) >= 11 is 0. The van der Waals surface area contributed by atoms with E-state index < -0.39 is 10.0 Å². The minimum atomic E-state index is -3.46. The van der Waals surface area contributed by atoms with E-state index in [-0.39, 0.29) is 10.9 Å². The van der Waals surface area contributed by atoms with Crippen LogP contribution in [0.25, 0.3) is 0 Å². The zero-order valence-corrected chi connectivity index (χ0v) is 12.3. The van der Waals surface area contributed by atoms with Gasteiger partial charge in [0.2, 0.25) is 10.0 Å². The molecule has 0 aromatic heterocycles. The van der Waals surface area contributed by atoms with Gasteiger partial charge in [0.15, 0.2) is 0 Å². The fraction of sp³-hybridized carbons (Fsp3) is 0.429. The first-order valence-corrected chi connectivity index (χ1v) is 7.92. The predicted molar refractivity (Wildman–Crippen MR) is 78.4 cm³/mol. The van der Waals surface area contributed by atoms with Gasteiger partial charge in [-0.25, -0.2) is 13.1 Å². The molecule has 1 rings (SSSR count). The second kappa shape index (κ2) is 7.43. The predicted octanol–water partition coefficient (Wildman–Crippen LogP) is 2.04. The van der Waals surface area contributed by atoms with Gasteiger partial charge in [0.25, 0.3) is 0 Å². The number of rotatable bonds is 8. The lowest BCUT2D eigenvalue weighted by atomic mass is 10.2. The molecule has 0 fully saturated rings. The van der Waals surface area contributed by atoms with E-state index in [1.54, 1.807) is 25.1 Å². The van der Waals surface area contributed by atoms with E-state index in [4.69, 9.17) is 0 Å². The smallest absolute Gasteiger partial charge is 0.241 e. The van der Waals surface area contributed by atoms with Crippen molar-refractivity contribution in [2.75, 3.05) is 6.54 Å². The van der Waals surface area contributed by atoms with Gasteiger partial charge in [-0.2, -0.15) is 0 Å². The summed E-state index contributed by atoms with van der Waals surface area (Å²) in [6.07, 6.45) is 2.64. The molecule has 0 saturated carbocycles. The molecule has 19 heavy (non-hydrogen) atoms. The van der Waals surface area contributed by atoms with E-state index >= 15 is 0 Å². The third-order valence-corrected chi connectivity index (χ3v) is 4.26. The molecule has 0 aliphatic carbocycles. The van der Waals surface area contributed by atoms with Crippen molar-refractivity contribution in [3.8, 4) is 0 Å². The van der Waals surface area contributed by atoms with Crippen LogP contribution in [-0.2, 0) is 16.6 Å². The molecule has 4 nitrogen and oxygen atoms in total. The van der Waals surface area contributed by atoms with Crippen LogP contribution in [-0.4, -0.2) is 21.0 Å². The van der Waals surface area contributed by atoms with Crippen LogP contribution in [0, 0.1) is 0 Å². The number of hydrogen-bond acceptors (Lipinski definition) is 3. The highest BCUT2D eigenvalue weighted by Gasteiger charge is 2.15. The van der Waals surface area contributed by atoms with Crippen LogP contribution in [0.2, 0.25) is 0 Å². The first-order valence-electron chi connectivity index (χ1n) is 6.44. The van der Waals surface area contributed by atoms with Gasteiger partial charge < -0.3 is 5.32 Å². The minimum Gasteiger partial charge on any atom is -0.313 e. The molecule has 1 unspecified atom stereocenters. The Morgan fingerprint density at radius 1 is 1.32 bits per heavy atom. The van der Waals surface area contributed by atoms with E-state index in [0.29, 0.717) is 0 Å². The van der Waals surface area contributed by atoms with Gasteiger partial charge in [-0.3, -0.25) is 0 Å². The van der Waals surface area contributed by atoms with Crippen molar-refractivity contribution in [2.45, 2.75) is 37.8 Å². The van der Waals surface area contributed by atoms with E-state index in [2.05, 4.69) is 23.5 Å². The molecule has 0 aliphatic rings. The van der Waals surface area contributed by atoms with E-state index in [0.717, 1.165) is 25.1 Å². The highest BCUT2D eigenvalue weighted by atomic mass is 32.2. The van der Waals surface area contributed by atoms with E-state index in [1.807, 2.05) is 12.1 Å². The molecule has 1 atom stereocenters. The van der Waals surface area contributed by atoms with Crippen molar-refractivity contribution in [1.29, 1.82) is 0 Å². The summed E-state index contributed by atoms with van der Waals surface area (Å²) in [5.74, 6) is 0. The molecule has 0 heterocycles. The highest BCUT2D eigenvalue weighted by molar-refractivity contribution is 7.89. The molecule has 0 radical (unpaired) electrons. The average molecular weight is 282 g/mol. The topological polar surface area (TPSA) is 58.2 Å². The van der Waals surface area contributed by atoms with Crippen molar-refractivity contribution in [3.63, 3.8) is 0 Å². The maximum atomic E-state index is 12.0. The molecular formula is C14H22N2O2S. The Bertz CT molecular complexity index is 495. The molecular weight excluding hydrogens is 260 g/mol. The van der Waals surface area contributed by atoms with Crippen LogP contribution in [0.3, 0.4) is 0 Å². The Morgan fingerprint density at radius 2 is 1.95 bits per heavy atom. The average Bonchev–Trinajstić information content (AvgIpc) is 2.39. The van der Waals surface area contributed by atoms with Crippen molar-refractivity contribution in [1.82, 2.24) is 10.0 Å². The zero-order valence-electron chi connectivity index (χ0n) is 11.5. The zero-order chi connectivity index (χ0) is 14.3. The maximum Gasteiger partial charge on any atom is 0.241 e. The first kappa shape index (κ1) is 15.9. The molecule has 0 spiro atoms. The Morgan fingerprint density at radius 3 is 2.47 bits per heavy atom. The number of sulfonamides is 1. The van der Waals surface area contributed by atoms with Gasteiger partial charge in [-0.1, -0.05) is 25.1 Å². The van der Waals surface area contributed by atoms with Gasteiger partial charge in [-0.15, -0.1) is 6.58 Å². The Balaban J connectivity index is 2.72. The van der Waals surface area contributed by atoms with Crippen molar-refractivity contribution >= 4 is 10.0 Å². The number of hydrogen-bond donors (Lipinski definition) is 2. The summed E-state index contributed by atoms with van der Waals surface area (Å²) in [5, 5.41) is 3.27. The van der Waals surface area contributed by atoms with Gasteiger partial charge >= 0.3 is 0 Å².